The number of rotatable bonds is 4. The number of amides is 1. The maximum atomic E-state index is 12.3. The van der Waals surface area contributed by atoms with Crippen molar-refractivity contribution in [2.24, 2.45) is 0 Å². The van der Waals surface area contributed by atoms with Gasteiger partial charge in [-0.2, -0.15) is 0 Å². The summed E-state index contributed by atoms with van der Waals surface area (Å²) in [6.07, 6.45) is -0.101. The Morgan fingerprint density at radius 1 is 1.35 bits per heavy atom. The Balaban J connectivity index is 2.30. The molecule has 1 aromatic carbocycles. The van der Waals surface area contributed by atoms with E-state index in [1.54, 1.807) is 25.2 Å². The minimum absolute atomic E-state index is 0.101. The van der Waals surface area contributed by atoms with Crippen molar-refractivity contribution in [1.82, 2.24) is 4.90 Å². The molecule has 0 aliphatic rings. The third-order valence-corrected chi connectivity index (χ3v) is 4.67. The second kappa shape index (κ2) is 5.99. The molecule has 0 fully saturated rings. The summed E-state index contributed by atoms with van der Waals surface area (Å²) in [5.74, 6) is -1.23. The maximum absolute atomic E-state index is 12.3. The monoisotopic (exact) mass is 331 g/mol. The van der Waals surface area contributed by atoms with E-state index in [-0.39, 0.29) is 18.9 Å². The van der Waals surface area contributed by atoms with Crippen LogP contribution in [0.3, 0.4) is 0 Å². The van der Waals surface area contributed by atoms with E-state index in [9.17, 15) is 9.59 Å². The average Bonchev–Trinajstić information content (AvgIpc) is 2.71. The van der Waals surface area contributed by atoms with E-state index >= 15 is 0 Å². The summed E-state index contributed by atoms with van der Waals surface area (Å²) in [6.45, 7) is 0.138. The standard InChI is InChI=1S/C13H11Cl2NO3S/c1-16(5-4-10(17)18)13(19)12-11(15)8-3-2-7(14)6-9(8)20-12/h2-3,6H,4-5H2,1H3,(H,17,18). The van der Waals surface area contributed by atoms with Crippen LogP contribution in [0.1, 0.15) is 16.1 Å². The van der Waals surface area contributed by atoms with Gasteiger partial charge >= 0.3 is 5.97 Å². The molecule has 2 rings (SSSR count). The Morgan fingerprint density at radius 3 is 2.70 bits per heavy atom. The molecule has 0 aliphatic heterocycles. The first kappa shape index (κ1) is 15.1. The molecule has 0 spiro atoms. The normalized spacial score (nSPS) is 10.8. The average molecular weight is 332 g/mol. The number of benzene rings is 1. The molecule has 0 saturated carbocycles. The number of carbonyl (C=O) groups is 2. The summed E-state index contributed by atoms with van der Waals surface area (Å²) >= 11 is 13.4. The third kappa shape index (κ3) is 3.06. The minimum Gasteiger partial charge on any atom is -0.481 e. The molecule has 1 aromatic heterocycles. The fourth-order valence-electron chi connectivity index (χ4n) is 1.71. The van der Waals surface area contributed by atoms with Gasteiger partial charge in [-0.25, -0.2) is 0 Å². The van der Waals surface area contributed by atoms with Crippen molar-refractivity contribution in [3.8, 4) is 0 Å². The molecule has 0 radical (unpaired) electrons. The fraction of sp³-hybridized carbons (Fsp3) is 0.231. The SMILES string of the molecule is CN(CCC(=O)O)C(=O)c1sc2cc(Cl)ccc2c1Cl. The van der Waals surface area contributed by atoms with Crippen LogP contribution in [-0.4, -0.2) is 35.5 Å². The van der Waals surface area contributed by atoms with Gasteiger partial charge in [0.1, 0.15) is 4.88 Å². The molecule has 1 N–H and O–H groups in total. The van der Waals surface area contributed by atoms with Gasteiger partial charge in [0.05, 0.1) is 11.4 Å². The van der Waals surface area contributed by atoms with Gasteiger partial charge in [-0.05, 0) is 12.1 Å². The van der Waals surface area contributed by atoms with Crippen molar-refractivity contribution in [2.75, 3.05) is 13.6 Å². The second-order valence-corrected chi connectivity index (χ2v) is 6.12. The summed E-state index contributed by atoms with van der Waals surface area (Å²) in [6, 6.07) is 5.23. The highest BCUT2D eigenvalue weighted by molar-refractivity contribution is 7.21. The van der Waals surface area contributed by atoms with Crippen LogP contribution >= 0.6 is 34.5 Å². The van der Waals surface area contributed by atoms with Crippen LogP contribution in [0.2, 0.25) is 10.0 Å². The zero-order chi connectivity index (χ0) is 14.9. The largest absolute Gasteiger partial charge is 0.481 e. The van der Waals surface area contributed by atoms with E-state index in [4.69, 9.17) is 28.3 Å². The van der Waals surface area contributed by atoms with Crippen molar-refractivity contribution in [3.63, 3.8) is 0 Å². The van der Waals surface area contributed by atoms with E-state index < -0.39 is 5.97 Å². The van der Waals surface area contributed by atoms with Gasteiger partial charge < -0.3 is 10.0 Å². The number of hydrogen-bond donors (Lipinski definition) is 1. The van der Waals surface area contributed by atoms with Crippen molar-refractivity contribution < 1.29 is 14.7 Å². The predicted octanol–water partition coefficient (Wildman–Crippen LogP) is 3.75. The molecular weight excluding hydrogens is 321 g/mol. The molecule has 0 unspecified atom stereocenters. The first-order valence-corrected chi connectivity index (χ1v) is 7.32. The fourth-order valence-corrected chi connectivity index (χ4v) is 3.50. The topological polar surface area (TPSA) is 57.6 Å². The summed E-state index contributed by atoms with van der Waals surface area (Å²) in [5, 5.41) is 10.4. The molecule has 4 nitrogen and oxygen atoms in total. The summed E-state index contributed by atoms with van der Waals surface area (Å²) in [7, 11) is 1.55. The highest BCUT2D eigenvalue weighted by atomic mass is 35.5. The van der Waals surface area contributed by atoms with Crippen molar-refractivity contribution in [3.05, 3.63) is 33.1 Å². The molecule has 2 aromatic rings. The molecular formula is C13H11Cl2NO3S. The van der Waals surface area contributed by atoms with Crippen molar-refractivity contribution in [2.45, 2.75) is 6.42 Å². The Hall–Kier alpha value is -1.30. The van der Waals surface area contributed by atoms with E-state index in [0.29, 0.717) is 14.9 Å². The van der Waals surface area contributed by atoms with Crippen LogP contribution in [0.4, 0.5) is 0 Å². The lowest BCUT2D eigenvalue weighted by Gasteiger charge is -2.14. The number of hydrogen-bond acceptors (Lipinski definition) is 3. The Labute approximate surface area is 129 Å². The first-order chi connectivity index (χ1) is 9.40. The van der Waals surface area contributed by atoms with E-state index in [1.807, 2.05) is 0 Å². The van der Waals surface area contributed by atoms with Gasteiger partial charge in [-0.3, -0.25) is 9.59 Å². The quantitative estimate of drug-likeness (QED) is 0.927. The molecule has 20 heavy (non-hydrogen) atoms. The number of carbonyl (C=O) groups excluding carboxylic acids is 1. The summed E-state index contributed by atoms with van der Waals surface area (Å²) < 4.78 is 0.831. The van der Waals surface area contributed by atoms with Crippen LogP contribution < -0.4 is 0 Å². The molecule has 0 saturated heterocycles. The Morgan fingerprint density at radius 2 is 2.05 bits per heavy atom. The van der Waals surface area contributed by atoms with Gasteiger partial charge in [0.15, 0.2) is 0 Å². The minimum atomic E-state index is -0.945. The number of nitrogens with zero attached hydrogens (tertiary/aromatic N) is 1. The molecule has 0 aliphatic carbocycles. The highest BCUT2D eigenvalue weighted by Gasteiger charge is 2.20. The molecule has 0 atom stereocenters. The Bertz CT molecular complexity index is 684. The van der Waals surface area contributed by atoms with Crippen molar-refractivity contribution in [1.29, 1.82) is 0 Å². The zero-order valence-corrected chi connectivity index (χ0v) is 12.8. The second-order valence-electron chi connectivity index (χ2n) is 4.26. The number of fused-ring (bicyclic) bond motifs is 1. The van der Waals surface area contributed by atoms with E-state index in [1.165, 1.54) is 16.2 Å². The summed E-state index contributed by atoms with van der Waals surface area (Å²) in [4.78, 5) is 24.5. The van der Waals surface area contributed by atoms with Crippen LogP contribution in [0.25, 0.3) is 10.1 Å². The van der Waals surface area contributed by atoms with Gasteiger partial charge in [0, 0.05) is 28.7 Å². The van der Waals surface area contributed by atoms with E-state index in [0.717, 1.165) is 10.1 Å². The lowest BCUT2D eigenvalue weighted by molar-refractivity contribution is -0.137. The number of carboxylic acid groups (broad SMARTS) is 1. The van der Waals surface area contributed by atoms with Crippen LogP contribution in [0.5, 0.6) is 0 Å². The molecule has 0 bridgehead atoms. The zero-order valence-electron chi connectivity index (χ0n) is 10.5. The lowest BCUT2D eigenvalue weighted by atomic mass is 10.2. The highest BCUT2D eigenvalue weighted by Crippen LogP contribution is 2.37. The number of halogens is 2. The molecule has 7 heteroatoms. The van der Waals surface area contributed by atoms with Gasteiger partial charge in [0.2, 0.25) is 0 Å². The van der Waals surface area contributed by atoms with Gasteiger partial charge in [-0.15, -0.1) is 11.3 Å². The first-order valence-electron chi connectivity index (χ1n) is 5.75. The molecule has 106 valence electrons. The predicted molar refractivity (Wildman–Crippen MR) is 81.1 cm³/mol. The molecule has 1 heterocycles. The molecule has 1 amide bonds. The van der Waals surface area contributed by atoms with Gasteiger partial charge in [-0.1, -0.05) is 29.3 Å². The van der Waals surface area contributed by atoms with Crippen LogP contribution in [-0.2, 0) is 4.79 Å². The third-order valence-electron chi connectivity index (χ3n) is 2.79. The maximum Gasteiger partial charge on any atom is 0.305 e. The Kier molecular flexibility index (Phi) is 4.52. The number of carboxylic acids is 1. The smallest absolute Gasteiger partial charge is 0.305 e. The van der Waals surface area contributed by atoms with Crippen molar-refractivity contribution >= 4 is 56.5 Å². The summed E-state index contributed by atoms with van der Waals surface area (Å²) in [5.41, 5.74) is 0. The van der Waals surface area contributed by atoms with Gasteiger partial charge in [0.25, 0.3) is 5.91 Å². The van der Waals surface area contributed by atoms with Crippen LogP contribution in [0, 0.1) is 0 Å². The van der Waals surface area contributed by atoms with E-state index in [2.05, 4.69) is 0 Å². The van der Waals surface area contributed by atoms with Crippen LogP contribution in [0.15, 0.2) is 18.2 Å². The number of aliphatic carboxylic acids is 1. The number of thiophene rings is 1. The lowest BCUT2D eigenvalue weighted by Crippen LogP contribution is -2.28.